The number of nitrogens with zero attached hydrogens (tertiary/aromatic N) is 1. The van der Waals surface area contributed by atoms with Gasteiger partial charge in [0.1, 0.15) is 5.75 Å². The number of carbonyl (C=O) groups excluding carboxylic acids is 2. The van der Waals surface area contributed by atoms with Crippen LogP contribution in [0.25, 0.3) is 0 Å². The summed E-state index contributed by atoms with van der Waals surface area (Å²) in [4.78, 5) is 23.6. The smallest absolute Gasteiger partial charge is 0.240 e. The average molecular weight is 360 g/mol. The fourth-order valence-corrected chi connectivity index (χ4v) is 2.18. The van der Waals surface area contributed by atoms with Crippen molar-refractivity contribution >= 4 is 35.3 Å². The van der Waals surface area contributed by atoms with Gasteiger partial charge in [0, 0.05) is 29.1 Å². The van der Waals surface area contributed by atoms with Crippen LogP contribution in [0.3, 0.4) is 0 Å². The molecule has 0 radical (unpaired) electrons. The summed E-state index contributed by atoms with van der Waals surface area (Å²) in [6.45, 7) is 1.80. The highest BCUT2D eigenvalue weighted by atomic mass is 35.5. The van der Waals surface area contributed by atoms with Crippen LogP contribution in [0.5, 0.6) is 5.75 Å². The van der Waals surface area contributed by atoms with Crippen molar-refractivity contribution in [1.29, 1.82) is 0 Å². The topological polar surface area (TPSA) is 90.8 Å². The Morgan fingerprint density at radius 3 is 2.60 bits per heavy atom. The number of para-hydroxylation sites is 1. The molecular formula is C18H18ClN3O3. The number of rotatable bonds is 6. The molecule has 2 amide bonds. The Morgan fingerprint density at radius 1 is 1.12 bits per heavy atom. The molecule has 7 heteroatoms. The minimum atomic E-state index is -0.398. The summed E-state index contributed by atoms with van der Waals surface area (Å²) in [5.41, 5.74) is 4.19. The lowest BCUT2D eigenvalue weighted by atomic mass is 10.2. The van der Waals surface area contributed by atoms with Gasteiger partial charge in [-0.15, -0.1) is 0 Å². The van der Waals surface area contributed by atoms with Crippen LogP contribution in [0.4, 0.5) is 5.69 Å². The molecule has 6 nitrogen and oxygen atoms in total. The molecular weight excluding hydrogens is 342 g/mol. The second-order valence-corrected chi connectivity index (χ2v) is 5.72. The van der Waals surface area contributed by atoms with E-state index < -0.39 is 5.91 Å². The van der Waals surface area contributed by atoms with E-state index in [2.05, 4.69) is 15.8 Å². The van der Waals surface area contributed by atoms with Crippen LogP contribution >= 0.6 is 11.6 Å². The summed E-state index contributed by atoms with van der Waals surface area (Å²) in [7, 11) is 0. The highest BCUT2D eigenvalue weighted by Crippen LogP contribution is 2.23. The summed E-state index contributed by atoms with van der Waals surface area (Å²) in [6.07, 6.45) is 1.34. The number of nitrogens with one attached hydrogen (secondary N) is 2. The van der Waals surface area contributed by atoms with E-state index in [0.717, 1.165) is 5.56 Å². The molecule has 0 unspecified atom stereocenters. The Balaban J connectivity index is 1.79. The van der Waals surface area contributed by atoms with Gasteiger partial charge in [-0.25, -0.2) is 5.43 Å². The first-order valence-electron chi connectivity index (χ1n) is 7.62. The highest BCUT2D eigenvalue weighted by Gasteiger charge is 2.09. The van der Waals surface area contributed by atoms with Crippen molar-refractivity contribution in [2.75, 3.05) is 5.32 Å². The Kier molecular flexibility index (Phi) is 6.54. The second kappa shape index (κ2) is 8.84. The summed E-state index contributed by atoms with van der Waals surface area (Å²) in [5.74, 6) is -0.619. The highest BCUT2D eigenvalue weighted by molar-refractivity contribution is 6.31. The van der Waals surface area contributed by atoms with Gasteiger partial charge in [0.15, 0.2) is 0 Å². The van der Waals surface area contributed by atoms with Crippen molar-refractivity contribution in [3.63, 3.8) is 0 Å². The Labute approximate surface area is 150 Å². The zero-order chi connectivity index (χ0) is 18.2. The first kappa shape index (κ1) is 18.5. The van der Waals surface area contributed by atoms with Gasteiger partial charge in [-0.3, -0.25) is 9.59 Å². The zero-order valence-electron chi connectivity index (χ0n) is 13.6. The third kappa shape index (κ3) is 5.61. The van der Waals surface area contributed by atoms with E-state index in [0.29, 0.717) is 16.3 Å². The van der Waals surface area contributed by atoms with Gasteiger partial charge in [0.05, 0.1) is 6.21 Å². The van der Waals surface area contributed by atoms with Crippen LogP contribution in [-0.2, 0) is 9.59 Å². The number of benzene rings is 2. The van der Waals surface area contributed by atoms with Crippen LogP contribution in [0, 0.1) is 6.92 Å². The molecule has 0 aliphatic rings. The molecule has 25 heavy (non-hydrogen) atoms. The molecule has 2 aromatic carbocycles. The number of phenols is 1. The first-order chi connectivity index (χ1) is 12.0. The number of amides is 2. The van der Waals surface area contributed by atoms with Crippen LogP contribution in [-0.4, -0.2) is 23.1 Å². The molecule has 0 saturated heterocycles. The third-order valence-electron chi connectivity index (χ3n) is 3.45. The minimum Gasteiger partial charge on any atom is -0.507 e. The summed E-state index contributed by atoms with van der Waals surface area (Å²) >= 11 is 5.99. The molecule has 0 saturated carbocycles. The van der Waals surface area contributed by atoms with Crippen molar-refractivity contribution in [3.8, 4) is 5.75 Å². The van der Waals surface area contributed by atoms with Crippen molar-refractivity contribution < 1.29 is 14.7 Å². The molecule has 0 bridgehead atoms. The Morgan fingerprint density at radius 2 is 1.84 bits per heavy atom. The second-order valence-electron chi connectivity index (χ2n) is 5.31. The number of phenolic OH excluding ortho intramolecular Hbond substituents is 1. The van der Waals surface area contributed by atoms with E-state index in [-0.39, 0.29) is 24.5 Å². The maximum atomic E-state index is 11.9. The lowest BCUT2D eigenvalue weighted by molar-refractivity contribution is -0.124. The zero-order valence-corrected chi connectivity index (χ0v) is 14.4. The molecule has 0 atom stereocenters. The lowest BCUT2D eigenvalue weighted by Crippen LogP contribution is -2.20. The normalized spacial score (nSPS) is 10.6. The van der Waals surface area contributed by atoms with Crippen molar-refractivity contribution in [1.82, 2.24) is 5.43 Å². The molecule has 0 heterocycles. The van der Waals surface area contributed by atoms with E-state index in [4.69, 9.17) is 11.6 Å². The van der Waals surface area contributed by atoms with Gasteiger partial charge in [0.25, 0.3) is 0 Å². The van der Waals surface area contributed by atoms with Crippen LogP contribution in [0.2, 0.25) is 5.02 Å². The van der Waals surface area contributed by atoms with Crippen molar-refractivity contribution in [3.05, 3.63) is 58.6 Å². The number of carbonyl (C=O) groups is 2. The first-order valence-corrected chi connectivity index (χ1v) is 8.00. The summed E-state index contributed by atoms with van der Waals surface area (Å²) < 4.78 is 0. The Hall–Kier alpha value is -2.86. The van der Waals surface area contributed by atoms with Gasteiger partial charge in [-0.05, 0) is 36.8 Å². The molecule has 2 aromatic rings. The summed E-state index contributed by atoms with van der Waals surface area (Å²) in [5, 5.41) is 16.6. The van der Waals surface area contributed by atoms with E-state index in [1.165, 1.54) is 12.3 Å². The van der Waals surface area contributed by atoms with Crippen molar-refractivity contribution in [2.45, 2.75) is 19.8 Å². The standard InChI is InChI=1S/C18H18ClN3O3/c1-12-14(19)6-4-7-15(12)21-17(24)9-10-18(25)22-20-11-13-5-2-3-8-16(13)23/h2-8,11,23H,9-10H2,1H3,(H,21,24)(H,22,25)/b20-11+. The largest absolute Gasteiger partial charge is 0.507 e. The lowest BCUT2D eigenvalue weighted by Gasteiger charge is -2.09. The number of aromatic hydroxyl groups is 1. The van der Waals surface area contributed by atoms with Gasteiger partial charge in [-0.2, -0.15) is 5.10 Å². The number of anilines is 1. The minimum absolute atomic E-state index is 0.0104. The van der Waals surface area contributed by atoms with Gasteiger partial charge >= 0.3 is 0 Å². The Bertz CT molecular complexity index is 806. The maximum Gasteiger partial charge on any atom is 0.240 e. The molecule has 0 spiro atoms. The van der Waals surface area contributed by atoms with E-state index in [1.54, 1.807) is 43.3 Å². The average Bonchev–Trinajstić information content (AvgIpc) is 2.59. The quantitative estimate of drug-likeness (QED) is 0.546. The predicted molar refractivity (Wildman–Crippen MR) is 97.9 cm³/mol. The third-order valence-corrected chi connectivity index (χ3v) is 3.86. The monoisotopic (exact) mass is 359 g/mol. The number of halogens is 1. The molecule has 3 N–H and O–H groups in total. The van der Waals surface area contributed by atoms with Crippen molar-refractivity contribution in [2.24, 2.45) is 5.10 Å². The van der Waals surface area contributed by atoms with Gasteiger partial charge in [0.2, 0.25) is 11.8 Å². The van der Waals surface area contributed by atoms with E-state index >= 15 is 0 Å². The molecule has 0 aliphatic heterocycles. The maximum absolute atomic E-state index is 11.9. The fourth-order valence-electron chi connectivity index (χ4n) is 2.01. The molecule has 0 aromatic heterocycles. The van der Waals surface area contributed by atoms with Crippen LogP contribution in [0.1, 0.15) is 24.0 Å². The SMILES string of the molecule is Cc1c(Cl)cccc1NC(=O)CCC(=O)N/N=C/c1ccccc1O. The summed E-state index contributed by atoms with van der Waals surface area (Å²) in [6, 6.07) is 11.8. The number of hydrogen-bond donors (Lipinski definition) is 3. The molecule has 2 rings (SSSR count). The van der Waals surface area contributed by atoms with Gasteiger partial charge < -0.3 is 10.4 Å². The molecule has 130 valence electrons. The van der Waals surface area contributed by atoms with E-state index in [1.807, 2.05) is 0 Å². The van der Waals surface area contributed by atoms with Crippen LogP contribution < -0.4 is 10.7 Å². The number of hydrogen-bond acceptors (Lipinski definition) is 4. The molecule has 0 fully saturated rings. The van der Waals surface area contributed by atoms with E-state index in [9.17, 15) is 14.7 Å². The molecule has 0 aliphatic carbocycles. The predicted octanol–water partition coefficient (Wildman–Crippen LogP) is 3.22. The number of hydrazone groups is 1. The fraction of sp³-hybridized carbons (Fsp3) is 0.167. The van der Waals surface area contributed by atoms with Crippen LogP contribution in [0.15, 0.2) is 47.6 Å². The van der Waals surface area contributed by atoms with Gasteiger partial charge in [-0.1, -0.05) is 29.8 Å².